The van der Waals surface area contributed by atoms with E-state index in [2.05, 4.69) is 5.32 Å². The summed E-state index contributed by atoms with van der Waals surface area (Å²) in [5.41, 5.74) is 4.22. The van der Waals surface area contributed by atoms with Crippen LogP contribution < -0.4 is 5.32 Å². The van der Waals surface area contributed by atoms with Crippen molar-refractivity contribution in [3.05, 3.63) is 52.3 Å². The number of aryl methyl sites for hydroxylation is 3. The number of benzene rings is 1. The summed E-state index contributed by atoms with van der Waals surface area (Å²) in [4.78, 5) is 25.1. The van der Waals surface area contributed by atoms with Gasteiger partial charge in [0.15, 0.2) is 0 Å². The second kappa shape index (κ2) is 9.22. The highest BCUT2D eigenvalue weighted by Gasteiger charge is 2.39. The molecule has 0 atom stereocenters. The van der Waals surface area contributed by atoms with E-state index in [-0.39, 0.29) is 17.3 Å². The van der Waals surface area contributed by atoms with E-state index in [0.717, 1.165) is 55.0 Å². The van der Waals surface area contributed by atoms with Gasteiger partial charge >= 0.3 is 5.97 Å². The van der Waals surface area contributed by atoms with Gasteiger partial charge in [-0.05, 0) is 50.2 Å². The third-order valence-electron chi connectivity index (χ3n) is 6.41. The molecule has 2 aromatic rings. The molecule has 0 radical (unpaired) electrons. The average Bonchev–Trinajstić information content (AvgIpc) is 3.05. The summed E-state index contributed by atoms with van der Waals surface area (Å²) in [6, 6.07) is 7.40. The highest BCUT2D eigenvalue weighted by molar-refractivity contribution is 5.97. The number of esters is 1. The van der Waals surface area contributed by atoms with Crippen molar-refractivity contribution in [3.63, 3.8) is 0 Å². The minimum atomic E-state index is -0.308. The predicted octanol–water partition coefficient (Wildman–Crippen LogP) is 3.08. The van der Waals surface area contributed by atoms with Gasteiger partial charge in [0.2, 0.25) is 0 Å². The zero-order chi connectivity index (χ0) is 21.8. The number of hydrogen-bond donors (Lipinski definition) is 1. The quantitative estimate of drug-likeness (QED) is 0.568. The van der Waals surface area contributed by atoms with E-state index in [4.69, 9.17) is 14.6 Å². The summed E-state index contributed by atoms with van der Waals surface area (Å²) >= 11 is 0. The Labute approximate surface area is 183 Å². The Bertz CT molecular complexity index is 960. The molecular formula is C24H31N3O4. The molecule has 31 heavy (non-hydrogen) atoms. The minimum Gasteiger partial charge on any atom is -0.462 e. The molecule has 0 bridgehead atoms. The summed E-state index contributed by atoms with van der Waals surface area (Å²) in [5, 5.41) is 7.89. The molecule has 4 rings (SSSR count). The first-order chi connectivity index (χ1) is 15.0. The fourth-order valence-electron chi connectivity index (χ4n) is 4.59. The summed E-state index contributed by atoms with van der Waals surface area (Å²) in [5.74, 6) is -0.329. The lowest BCUT2D eigenvalue weighted by atomic mass is 9.76. The smallest absolute Gasteiger partial charge is 0.338 e. The Balaban J connectivity index is 1.45. The predicted molar refractivity (Wildman–Crippen MR) is 116 cm³/mol. The van der Waals surface area contributed by atoms with Crippen LogP contribution >= 0.6 is 0 Å². The molecule has 1 spiro atoms. The normalized spacial score (nSPS) is 17.7. The van der Waals surface area contributed by atoms with Crippen LogP contribution in [0.15, 0.2) is 24.3 Å². The van der Waals surface area contributed by atoms with Gasteiger partial charge in [-0.2, -0.15) is 5.10 Å². The van der Waals surface area contributed by atoms with E-state index in [0.29, 0.717) is 38.1 Å². The number of nitrogens with zero attached hydrogens (tertiary/aromatic N) is 2. The second-order valence-electron chi connectivity index (χ2n) is 8.68. The fraction of sp³-hybridized carbons (Fsp3) is 0.542. The van der Waals surface area contributed by atoms with Crippen molar-refractivity contribution >= 4 is 11.9 Å². The Kier molecular flexibility index (Phi) is 6.41. The molecule has 1 amide bonds. The van der Waals surface area contributed by atoms with Gasteiger partial charge in [-0.1, -0.05) is 24.6 Å². The number of aromatic nitrogens is 2. The Morgan fingerprint density at radius 3 is 2.87 bits per heavy atom. The van der Waals surface area contributed by atoms with Crippen LogP contribution in [0.3, 0.4) is 0 Å². The lowest BCUT2D eigenvalue weighted by Gasteiger charge is -2.36. The van der Waals surface area contributed by atoms with Crippen LogP contribution in [0.5, 0.6) is 0 Å². The third-order valence-corrected chi connectivity index (χ3v) is 6.41. The van der Waals surface area contributed by atoms with Gasteiger partial charge in [-0.25, -0.2) is 4.79 Å². The van der Waals surface area contributed by atoms with Crippen LogP contribution in [0.2, 0.25) is 0 Å². The van der Waals surface area contributed by atoms with Gasteiger partial charge in [-0.15, -0.1) is 0 Å². The first kappa shape index (κ1) is 21.6. The lowest BCUT2D eigenvalue weighted by molar-refractivity contribution is 0.0152. The van der Waals surface area contributed by atoms with Crippen molar-refractivity contribution in [2.24, 2.45) is 5.41 Å². The average molecular weight is 426 g/mol. The molecular weight excluding hydrogens is 394 g/mol. The molecule has 1 saturated heterocycles. The topological polar surface area (TPSA) is 82.5 Å². The number of amides is 1. The number of rotatable bonds is 6. The molecule has 1 N–H and O–H groups in total. The molecule has 0 aliphatic carbocycles. The first-order valence-corrected chi connectivity index (χ1v) is 11.2. The standard InChI is InChI=1S/C24H31N3O4/c1-3-19-21-20(15-24(16-25-22(21)28)8-12-30-13-9-24)27(26-19)10-5-11-31-23(29)18-7-4-6-17(2)14-18/h4,6-7,14H,3,5,8-13,15-16H2,1-2H3,(H,25,28). The monoisotopic (exact) mass is 425 g/mol. The van der Waals surface area contributed by atoms with E-state index < -0.39 is 0 Å². The van der Waals surface area contributed by atoms with E-state index >= 15 is 0 Å². The molecule has 2 aliphatic rings. The van der Waals surface area contributed by atoms with Crippen molar-refractivity contribution in [2.75, 3.05) is 26.4 Å². The van der Waals surface area contributed by atoms with E-state index in [1.165, 1.54) is 0 Å². The molecule has 7 heteroatoms. The highest BCUT2D eigenvalue weighted by Crippen LogP contribution is 2.37. The van der Waals surface area contributed by atoms with Gasteiger partial charge < -0.3 is 14.8 Å². The van der Waals surface area contributed by atoms with Crippen LogP contribution in [0.4, 0.5) is 0 Å². The maximum Gasteiger partial charge on any atom is 0.338 e. The van der Waals surface area contributed by atoms with Crippen molar-refractivity contribution in [1.82, 2.24) is 15.1 Å². The van der Waals surface area contributed by atoms with E-state index in [9.17, 15) is 9.59 Å². The largest absolute Gasteiger partial charge is 0.462 e. The molecule has 0 saturated carbocycles. The summed E-state index contributed by atoms with van der Waals surface area (Å²) in [6.45, 7) is 7.05. The van der Waals surface area contributed by atoms with Crippen molar-refractivity contribution in [3.8, 4) is 0 Å². The lowest BCUT2D eigenvalue weighted by Crippen LogP contribution is -2.40. The van der Waals surface area contributed by atoms with Gasteiger partial charge in [-0.3, -0.25) is 9.48 Å². The fourth-order valence-corrected chi connectivity index (χ4v) is 4.59. The van der Waals surface area contributed by atoms with Crippen LogP contribution in [0.1, 0.15) is 63.9 Å². The summed E-state index contributed by atoms with van der Waals surface area (Å²) in [6.07, 6.45) is 4.05. The Morgan fingerprint density at radius 1 is 1.32 bits per heavy atom. The Hall–Kier alpha value is -2.67. The third kappa shape index (κ3) is 4.66. The molecule has 1 aromatic carbocycles. The number of carbonyl (C=O) groups is 2. The van der Waals surface area contributed by atoms with Gasteiger partial charge in [0.05, 0.1) is 29.1 Å². The second-order valence-corrected chi connectivity index (χ2v) is 8.68. The number of ether oxygens (including phenoxy) is 2. The zero-order valence-corrected chi connectivity index (χ0v) is 18.4. The molecule has 0 unspecified atom stereocenters. The van der Waals surface area contributed by atoms with Crippen LogP contribution in [-0.4, -0.2) is 48.0 Å². The number of nitrogens with one attached hydrogen (secondary N) is 1. The number of hydrogen-bond acceptors (Lipinski definition) is 5. The number of carbonyl (C=O) groups excluding carboxylic acids is 2. The van der Waals surface area contributed by atoms with Crippen molar-refractivity contribution in [2.45, 2.75) is 52.5 Å². The Morgan fingerprint density at radius 2 is 2.13 bits per heavy atom. The van der Waals surface area contributed by atoms with Crippen molar-refractivity contribution < 1.29 is 19.1 Å². The summed E-state index contributed by atoms with van der Waals surface area (Å²) in [7, 11) is 0. The summed E-state index contributed by atoms with van der Waals surface area (Å²) < 4.78 is 13.0. The highest BCUT2D eigenvalue weighted by atomic mass is 16.5. The maximum atomic E-state index is 12.9. The molecule has 1 aromatic heterocycles. The molecule has 166 valence electrons. The SMILES string of the molecule is CCc1nn(CCCOC(=O)c2cccc(C)c2)c2c1C(=O)NCC1(CCOCC1)C2. The van der Waals surface area contributed by atoms with Gasteiger partial charge in [0, 0.05) is 32.7 Å². The molecule has 7 nitrogen and oxygen atoms in total. The van der Waals surface area contributed by atoms with Crippen LogP contribution in [0.25, 0.3) is 0 Å². The maximum absolute atomic E-state index is 12.9. The van der Waals surface area contributed by atoms with Crippen LogP contribution in [-0.2, 0) is 28.9 Å². The molecule has 2 aliphatic heterocycles. The number of fused-ring (bicyclic) bond motifs is 1. The first-order valence-electron chi connectivity index (χ1n) is 11.2. The van der Waals surface area contributed by atoms with E-state index in [1.54, 1.807) is 6.07 Å². The zero-order valence-electron chi connectivity index (χ0n) is 18.4. The van der Waals surface area contributed by atoms with Gasteiger partial charge in [0.25, 0.3) is 5.91 Å². The van der Waals surface area contributed by atoms with Crippen molar-refractivity contribution in [1.29, 1.82) is 0 Å². The molecule has 3 heterocycles. The van der Waals surface area contributed by atoms with Crippen LogP contribution in [0, 0.1) is 12.3 Å². The van der Waals surface area contributed by atoms with E-state index in [1.807, 2.05) is 36.7 Å². The minimum absolute atomic E-state index is 0.0210. The molecule has 1 fully saturated rings. The van der Waals surface area contributed by atoms with Gasteiger partial charge in [0.1, 0.15) is 0 Å².